The van der Waals surface area contributed by atoms with E-state index in [4.69, 9.17) is 10.5 Å². The van der Waals surface area contributed by atoms with Gasteiger partial charge in [-0.05, 0) is 39.2 Å². The highest BCUT2D eigenvalue weighted by molar-refractivity contribution is 5.75. The Labute approximate surface area is 114 Å². The van der Waals surface area contributed by atoms with E-state index in [-0.39, 0.29) is 5.91 Å². The molecule has 0 spiro atoms. The number of ether oxygens (including phenoxy) is 1. The van der Waals surface area contributed by atoms with Gasteiger partial charge in [-0.15, -0.1) is 0 Å². The maximum atomic E-state index is 11.5. The first-order chi connectivity index (χ1) is 9.08. The van der Waals surface area contributed by atoms with Gasteiger partial charge in [-0.1, -0.05) is 6.07 Å². The van der Waals surface area contributed by atoms with E-state index in [1.54, 1.807) is 12.1 Å². The van der Waals surface area contributed by atoms with Crippen molar-refractivity contribution in [1.82, 2.24) is 10.2 Å². The molecule has 0 aromatic heterocycles. The lowest BCUT2D eigenvalue weighted by Crippen LogP contribution is -2.28. The molecule has 5 heteroatoms. The smallest absolute Gasteiger partial charge is 0.223 e. The van der Waals surface area contributed by atoms with Gasteiger partial charge in [0.25, 0.3) is 0 Å². The minimum atomic E-state index is 0.0164. The molecule has 0 fully saturated rings. The lowest BCUT2D eigenvalue weighted by molar-refractivity contribution is -0.121. The van der Waals surface area contributed by atoms with Crippen molar-refractivity contribution in [2.24, 2.45) is 0 Å². The Morgan fingerprint density at radius 3 is 2.89 bits per heavy atom. The molecule has 0 aliphatic carbocycles. The zero-order chi connectivity index (χ0) is 14.1. The van der Waals surface area contributed by atoms with Gasteiger partial charge >= 0.3 is 0 Å². The van der Waals surface area contributed by atoms with E-state index in [1.807, 2.05) is 26.2 Å². The van der Waals surface area contributed by atoms with Gasteiger partial charge in [0.15, 0.2) is 0 Å². The topological polar surface area (TPSA) is 67.6 Å². The molecule has 1 amide bonds. The summed E-state index contributed by atoms with van der Waals surface area (Å²) in [6, 6.07) is 7.19. The summed E-state index contributed by atoms with van der Waals surface area (Å²) >= 11 is 0. The van der Waals surface area contributed by atoms with Crippen molar-refractivity contribution in [3.63, 3.8) is 0 Å². The van der Waals surface area contributed by atoms with Gasteiger partial charge in [0.1, 0.15) is 5.75 Å². The first-order valence-electron chi connectivity index (χ1n) is 6.47. The second-order valence-corrected chi connectivity index (χ2v) is 4.68. The lowest BCUT2D eigenvalue weighted by atomic mass is 10.3. The summed E-state index contributed by atoms with van der Waals surface area (Å²) in [4.78, 5) is 13.6. The van der Waals surface area contributed by atoms with Crippen molar-refractivity contribution in [3.05, 3.63) is 24.3 Å². The Morgan fingerprint density at radius 2 is 2.21 bits per heavy atom. The molecule has 0 radical (unpaired) electrons. The quantitative estimate of drug-likeness (QED) is 0.546. The van der Waals surface area contributed by atoms with Gasteiger partial charge in [-0.3, -0.25) is 4.79 Å². The third-order valence-corrected chi connectivity index (χ3v) is 2.56. The maximum Gasteiger partial charge on any atom is 0.223 e. The van der Waals surface area contributed by atoms with Crippen molar-refractivity contribution in [3.8, 4) is 5.75 Å². The number of hydrogen-bond donors (Lipinski definition) is 2. The molecule has 0 bridgehead atoms. The Bertz CT molecular complexity index is 394. The molecule has 0 atom stereocenters. The summed E-state index contributed by atoms with van der Waals surface area (Å²) in [7, 11) is 4.03. The van der Waals surface area contributed by atoms with Crippen LogP contribution in [-0.4, -0.2) is 44.6 Å². The number of anilines is 1. The molecule has 0 saturated carbocycles. The van der Waals surface area contributed by atoms with Crippen LogP contribution in [0.2, 0.25) is 0 Å². The van der Waals surface area contributed by atoms with E-state index in [0.29, 0.717) is 31.0 Å². The first-order valence-corrected chi connectivity index (χ1v) is 6.47. The van der Waals surface area contributed by atoms with E-state index < -0.39 is 0 Å². The number of amides is 1. The highest BCUT2D eigenvalue weighted by atomic mass is 16.5. The number of carbonyl (C=O) groups excluding carboxylic acids is 1. The first kappa shape index (κ1) is 15.3. The molecular weight excluding hydrogens is 242 g/mol. The second-order valence-electron chi connectivity index (χ2n) is 4.68. The van der Waals surface area contributed by atoms with Crippen LogP contribution in [0.25, 0.3) is 0 Å². The Balaban J connectivity index is 2.10. The summed E-state index contributed by atoms with van der Waals surface area (Å²) in [5, 5.41) is 2.87. The van der Waals surface area contributed by atoms with E-state index in [0.717, 1.165) is 13.0 Å². The number of hydrogen-bond acceptors (Lipinski definition) is 4. The monoisotopic (exact) mass is 265 g/mol. The molecule has 106 valence electrons. The van der Waals surface area contributed by atoms with E-state index in [9.17, 15) is 4.79 Å². The van der Waals surface area contributed by atoms with Gasteiger partial charge in [0.2, 0.25) is 5.91 Å². The number of nitrogen functional groups attached to an aromatic ring is 1. The third-order valence-electron chi connectivity index (χ3n) is 2.56. The minimum Gasteiger partial charge on any atom is -0.493 e. The SMILES string of the molecule is CN(C)CCCNC(=O)CCOc1cccc(N)c1. The van der Waals surface area contributed by atoms with Crippen molar-refractivity contribution < 1.29 is 9.53 Å². The average Bonchev–Trinajstić information content (AvgIpc) is 2.34. The normalized spacial score (nSPS) is 10.5. The standard InChI is InChI=1S/C14H23N3O2/c1-17(2)9-4-8-16-14(18)7-10-19-13-6-3-5-12(15)11-13/h3,5-6,11H,4,7-10,15H2,1-2H3,(H,16,18). The van der Waals surface area contributed by atoms with Crippen molar-refractivity contribution in [2.45, 2.75) is 12.8 Å². The van der Waals surface area contributed by atoms with Gasteiger partial charge in [0, 0.05) is 18.3 Å². The third kappa shape index (κ3) is 7.31. The van der Waals surface area contributed by atoms with Crippen LogP contribution in [0, 0.1) is 0 Å². The lowest BCUT2D eigenvalue weighted by Gasteiger charge is -2.10. The molecule has 0 saturated heterocycles. The van der Waals surface area contributed by atoms with Crippen molar-refractivity contribution in [1.29, 1.82) is 0 Å². The van der Waals surface area contributed by atoms with Crippen LogP contribution in [0.15, 0.2) is 24.3 Å². The predicted octanol–water partition coefficient (Wildman–Crippen LogP) is 1.11. The fraction of sp³-hybridized carbons (Fsp3) is 0.500. The van der Waals surface area contributed by atoms with Gasteiger partial charge < -0.3 is 20.7 Å². The number of rotatable bonds is 8. The molecule has 5 nitrogen and oxygen atoms in total. The van der Waals surface area contributed by atoms with Crippen LogP contribution in [0.4, 0.5) is 5.69 Å². The zero-order valence-corrected chi connectivity index (χ0v) is 11.7. The summed E-state index contributed by atoms with van der Waals surface area (Å²) in [5.41, 5.74) is 6.29. The average molecular weight is 265 g/mol. The fourth-order valence-electron chi connectivity index (χ4n) is 1.58. The summed E-state index contributed by atoms with van der Waals surface area (Å²) < 4.78 is 5.45. The maximum absolute atomic E-state index is 11.5. The van der Waals surface area contributed by atoms with Crippen molar-refractivity contribution in [2.75, 3.05) is 39.5 Å². The molecule has 1 aromatic carbocycles. The van der Waals surface area contributed by atoms with Crippen molar-refractivity contribution >= 4 is 11.6 Å². The Morgan fingerprint density at radius 1 is 1.42 bits per heavy atom. The zero-order valence-electron chi connectivity index (χ0n) is 11.7. The number of nitrogens with zero attached hydrogens (tertiary/aromatic N) is 1. The molecule has 1 aromatic rings. The largest absolute Gasteiger partial charge is 0.493 e. The highest BCUT2D eigenvalue weighted by Gasteiger charge is 2.01. The second kappa shape index (κ2) is 8.37. The Kier molecular flexibility index (Phi) is 6.74. The van der Waals surface area contributed by atoms with E-state index >= 15 is 0 Å². The number of nitrogens with one attached hydrogen (secondary N) is 1. The van der Waals surface area contributed by atoms with Crippen LogP contribution in [-0.2, 0) is 4.79 Å². The summed E-state index contributed by atoms with van der Waals surface area (Å²) in [5.74, 6) is 0.711. The van der Waals surface area contributed by atoms with Crippen LogP contribution < -0.4 is 15.8 Å². The van der Waals surface area contributed by atoms with E-state index in [1.165, 1.54) is 0 Å². The van der Waals surface area contributed by atoms with Gasteiger partial charge in [-0.25, -0.2) is 0 Å². The van der Waals surface area contributed by atoms with Gasteiger partial charge in [0.05, 0.1) is 13.0 Å². The molecule has 0 heterocycles. The van der Waals surface area contributed by atoms with Crippen LogP contribution in [0.1, 0.15) is 12.8 Å². The van der Waals surface area contributed by atoms with Crippen LogP contribution in [0.3, 0.4) is 0 Å². The van der Waals surface area contributed by atoms with Crippen LogP contribution >= 0.6 is 0 Å². The molecule has 0 aliphatic rings. The molecule has 19 heavy (non-hydrogen) atoms. The molecule has 1 rings (SSSR count). The number of benzene rings is 1. The number of nitrogens with two attached hydrogens (primary N) is 1. The minimum absolute atomic E-state index is 0.0164. The number of carbonyl (C=O) groups is 1. The molecule has 3 N–H and O–H groups in total. The molecule has 0 unspecified atom stereocenters. The van der Waals surface area contributed by atoms with E-state index in [2.05, 4.69) is 10.2 Å². The summed E-state index contributed by atoms with van der Waals surface area (Å²) in [6.45, 7) is 2.04. The highest BCUT2D eigenvalue weighted by Crippen LogP contribution is 2.14. The predicted molar refractivity (Wildman–Crippen MR) is 77.1 cm³/mol. The summed E-state index contributed by atoms with van der Waals surface area (Å²) in [6.07, 6.45) is 1.31. The Hall–Kier alpha value is -1.75. The van der Waals surface area contributed by atoms with Crippen LogP contribution in [0.5, 0.6) is 5.75 Å². The molecule has 0 aliphatic heterocycles. The fourth-order valence-corrected chi connectivity index (χ4v) is 1.58. The molecular formula is C14H23N3O2. The van der Waals surface area contributed by atoms with Gasteiger partial charge in [-0.2, -0.15) is 0 Å².